The normalized spacial score (nSPS) is 21.4. The first kappa shape index (κ1) is 14.7. The van der Waals surface area contributed by atoms with Gasteiger partial charge in [0.2, 0.25) is 0 Å². The van der Waals surface area contributed by atoms with E-state index in [4.69, 9.17) is 15.3 Å². The molecule has 1 heterocycles. The third-order valence-corrected chi connectivity index (χ3v) is 3.08. The van der Waals surface area contributed by atoms with Crippen molar-refractivity contribution in [3.05, 3.63) is 0 Å². The topological polar surface area (TPSA) is 110 Å². The van der Waals surface area contributed by atoms with Crippen LogP contribution in [-0.4, -0.2) is 64.1 Å². The van der Waals surface area contributed by atoms with E-state index in [0.717, 1.165) is 19.3 Å². The van der Waals surface area contributed by atoms with E-state index in [9.17, 15) is 9.59 Å². The maximum absolute atomic E-state index is 11.8. The monoisotopic (exact) mass is 260 g/mol. The summed E-state index contributed by atoms with van der Waals surface area (Å²) in [5, 5.41) is 29.2. The van der Waals surface area contributed by atoms with Crippen LogP contribution in [-0.2, 0) is 4.79 Å². The molecule has 0 radical (unpaired) electrons. The molecule has 0 aromatic heterocycles. The van der Waals surface area contributed by atoms with E-state index in [1.165, 1.54) is 0 Å². The van der Waals surface area contributed by atoms with Gasteiger partial charge in [-0.05, 0) is 19.3 Å². The predicted molar refractivity (Wildman–Crippen MR) is 63.1 cm³/mol. The predicted octanol–water partition coefficient (Wildman–Crippen LogP) is -0.622. The van der Waals surface area contributed by atoms with Crippen LogP contribution in [0.3, 0.4) is 0 Å². The minimum atomic E-state index is -1.46. The lowest BCUT2D eigenvalue weighted by atomic mass is 10.0. The van der Waals surface area contributed by atoms with Gasteiger partial charge < -0.3 is 25.5 Å². The van der Waals surface area contributed by atoms with Gasteiger partial charge in [0.25, 0.3) is 0 Å². The molecule has 1 unspecified atom stereocenters. The summed E-state index contributed by atoms with van der Waals surface area (Å²) < 4.78 is 0. The van der Waals surface area contributed by atoms with Crippen molar-refractivity contribution in [2.75, 3.05) is 19.7 Å². The lowest BCUT2D eigenvalue weighted by Gasteiger charge is -2.34. The van der Waals surface area contributed by atoms with Crippen LogP contribution in [0.1, 0.15) is 25.7 Å². The lowest BCUT2D eigenvalue weighted by Crippen LogP contribution is -2.50. The molecule has 0 spiro atoms. The molecule has 1 aliphatic rings. The van der Waals surface area contributed by atoms with Gasteiger partial charge in [-0.3, -0.25) is 0 Å². The third kappa shape index (κ3) is 4.15. The summed E-state index contributed by atoms with van der Waals surface area (Å²) in [4.78, 5) is 23.7. The number of aliphatic hydroxyl groups is 2. The summed E-state index contributed by atoms with van der Waals surface area (Å²) in [6.07, 6.45) is 1.19. The number of aliphatic carboxylic acids is 1. The summed E-state index contributed by atoms with van der Waals surface area (Å²) in [6.45, 7) is 0.630. The Morgan fingerprint density at radius 1 is 1.39 bits per heavy atom. The summed E-state index contributed by atoms with van der Waals surface area (Å²) in [6, 6.07) is -0.477. The van der Waals surface area contributed by atoms with E-state index in [1.807, 2.05) is 0 Å². The van der Waals surface area contributed by atoms with Gasteiger partial charge in [-0.15, -0.1) is 0 Å². The van der Waals surface area contributed by atoms with Gasteiger partial charge in [0, 0.05) is 19.5 Å². The van der Waals surface area contributed by atoms with Gasteiger partial charge in [-0.2, -0.15) is 0 Å². The van der Waals surface area contributed by atoms with Gasteiger partial charge in [-0.25, -0.2) is 9.59 Å². The molecule has 18 heavy (non-hydrogen) atoms. The second-order valence-electron chi connectivity index (χ2n) is 4.40. The maximum atomic E-state index is 11.8. The molecule has 1 aliphatic heterocycles. The number of aliphatic hydroxyl groups excluding tert-OH is 2. The Kier molecular flexibility index (Phi) is 5.87. The highest BCUT2D eigenvalue weighted by Gasteiger charge is 2.25. The number of carbonyl (C=O) groups excluding carboxylic acids is 1. The molecular weight excluding hydrogens is 240 g/mol. The molecule has 0 aliphatic carbocycles. The highest BCUT2D eigenvalue weighted by Crippen LogP contribution is 2.16. The molecule has 7 nitrogen and oxygen atoms in total. The number of urea groups is 1. The Morgan fingerprint density at radius 2 is 2.11 bits per heavy atom. The average molecular weight is 260 g/mol. The van der Waals surface area contributed by atoms with E-state index in [2.05, 4.69) is 5.32 Å². The van der Waals surface area contributed by atoms with Gasteiger partial charge in [-0.1, -0.05) is 0 Å². The van der Waals surface area contributed by atoms with Crippen LogP contribution in [0.2, 0.25) is 0 Å². The van der Waals surface area contributed by atoms with Gasteiger partial charge in [0.1, 0.15) is 0 Å². The van der Waals surface area contributed by atoms with E-state index in [1.54, 1.807) is 4.90 Å². The Bertz CT molecular complexity index is 297. The summed E-state index contributed by atoms with van der Waals surface area (Å²) in [5.41, 5.74) is 0. The van der Waals surface area contributed by atoms with Crippen LogP contribution < -0.4 is 5.32 Å². The second-order valence-corrected chi connectivity index (χ2v) is 4.40. The summed E-state index contributed by atoms with van der Waals surface area (Å²) in [7, 11) is 0. The Balaban J connectivity index is 2.33. The number of hydrogen-bond acceptors (Lipinski definition) is 4. The van der Waals surface area contributed by atoms with Crippen molar-refractivity contribution in [1.82, 2.24) is 10.2 Å². The largest absolute Gasteiger partial charge is 0.479 e. The molecule has 0 aromatic carbocycles. The fourth-order valence-corrected chi connectivity index (χ4v) is 2.00. The van der Waals surface area contributed by atoms with Crippen molar-refractivity contribution in [3.63, 3.8) is 0 Å². The van der Waals surface area contributed by atoms with Gasteiger partial charge in [0.15, 0.2) is 6.10 Å². The fourth-order valence-electron chi connectivity index (χ4n) is 2.00. The molecule has 0 saturated carbocycles. The van der Waals surface area contributed by atoms with Gasteiger partial charge in [0.05, 0.1) is 12.6 Å². The van der Waals surface area contributed by atoms with Crippen LogP contribution in [0.15, 0.2) is 0 Å². The molecule has 1 saturated heterocycles. The molecular formula is C11H20N2O5. The van der Waals surface area contributed by atoms with Crippen molar-refractivity contribution >= 4 is 12.0 Å². The first-order valence-corrected chi connectivity index (χ1v) is 6.12. The van der Waals surface area contributed by atoms with Crippen LogP contribution in [0.25, 0.3) is 0 Å². The molecule has 2 atom stereocenters. The standard InChI is InChI=1S/C11H20N2O5/c14-7-8-3-1-2-6-13(8)11(18)12-5-4-9(15)10(16)17/h8-9,14-15H,1-7H2,(H,12,18)(H,16,17)/t8?,9-/m0/s1. The van der Waals surface area contributed by atoms with Crippen molar-refractivity contribution in [1.29, 1.82) is 0 Å². The van der Waals surface area contributed by atoms with Crippen molar-refractivity contribution < 1.29 is 24.9 Å². The van der Waals surface area contributed by atoms with Crippen LogP contribution in [0, 0.1) is 0 Å². The second kappa shape index (κ2) is 7.17. The number of carbonyl (C=O) groups is 2. The van der Waals surface area contributed by atoms with Crippen LogP contribution >= 0.6 is 0 Å². The molecule has 1 fully saturated rings. The van der Waals surface area contributed by atoms with E-state index < -0.39 is 12.1 Å². The Labute approximate surface area is 105 Å². The number of carboxylic acids is 1. The number of nitrogens with one attached hydrogen (secondary N) is 1. The van der Waals surface area contributed by atoms with E-state index in [-0.39, 0.29) is 31.6 Å². The number of carboxylic acid groups (broad SMARTS) is 1. The quantitative estimate of drug-likeness (QED) is 0.526. The molecule has 0 bridgehead atoms. The smallest absolute Gasteiger partial charge is 0.332 e. The third-order valence-electron chi connectivity index (χ3n) is 3.08. The molecule has 7 heteroatoms. The maximum Gasteiger partial charge on any atom is 0.332 e. The van der Waals surface area contributed by atoms with Crippen molar-refractivity contribution in [2.45, 2.75) is 37.8 Å². The molecule has 4 N–H and O–H groups in total. The number of likely N-dealkylation sites (tertiary alicyclic amines) is 1. The number of amides is 2. The SMILES string of the molecule is O=C(O)[C@@H](O)CCNC(=O)N1CCCCC1CO. The van der Waals surface area contributed by atoms with E-state index in [0.29, 0.717) is 6.54 Å². The summed E-state index contributed by atoms with van der Waals surface area (Å²) >= 11 is 0. The molecule has 2 amide bonds. The van der Waals surface area contributed by atoms with Crippen molar-refractivity contribution in [2.24, 2.45) is 0 Å². The highest BCUT2D eigenvalue weighted by atomic mass is 16.4. The van der Waals surface area contributed by atoms with E-state index >= 15 is 0 Å². The van der Waals surface area contributed by atoms with Crippen LogP contribution in [0.5, 0.6) is 0 Å². The first-order chi connectivity index (χ1) is 8.56. The number of rotatable bonds is 5. The zero-order valence-corrected chi connectivity index (χ0v) is 10.2. The highest BCUT2D eigenvalue weighted by molar-refractivity contribution is 5.75. The molecule has 1 rings (SSSR count). The lowest BCUT2D eigenvalue weighted by molar-refractivity contribution is -0.146. The fraction of sp³-hybridized carbons (Fsp3) is 0.818. The van der Waals surface area contributed by atoms with Gasteiger partial charge >= 0.3 is 12.0 Å². The van der Waals surface area contributed by atoms with Crippen molar-refractivity contribution in [3.8, 4) is 0 Å². The Morgan fingerprint density at radius 3 is 2.72 bits per heavy atom. The zero-order valence-electron chi connectivity index (χ0n) is 10.2. The molecule has 0 aromatic rings. The van der Waals surface area contributed by atoms with Crippen LogP contribution in [0.4, 0.5) is 4.79 Å². The number of nitrogens with zero attached hydrogens (tertiary/aromatic N) is 1. The average Bonchev–Trinajstić information content (AvgIpc) is 2.38. The number of piperidine rings is 1. The summed E-state index contributed by atoms with van der Waals surface area (Å²) in [5.74, 6) is -1.30. The molecule has 104 valence electrons. The number of hydrogen-bond donors (Lipinski definition) is 4. The minimum absolute atomic E-state index is 0.0291. The Hall–Kier alpha value is -1.34. The minimum Gasteiger partial charge on any atom is -0.479 e. The first-order valence-electron chi connectivity index (χ1n) is 6.12. The zero-order chi connectivity index (χ0) is 13.5.